The van der Waals surface area contributed by atoms with E-state index in [1.165, 1.54) is 24.0 Å². The van der Waals surface area contributed by atoms with E-state index in [1.54, 1.807) is 0 Å². The van der Waals surface area contributed by atoms with E-state index in [9.17, 15) is 0 Å². The first-order valence-electron chi connectivity index (χ1n) is 7.79. The molecular weight excluding hydrogens is 278 g/mol. The van der Waals surface area contributed by atoms with Gasteiger partial charge < -0.3 is 5.32 Å². The predicted molar refractivity (Wildman–Crippen MR) is 92.1 cm³/mol. The summed E-state index contributed by atoms with van der Waals surface area (Å²) in [6.07, 6.45) is 3.56. The molecular formula is C19H24ClN. The van der Waals surface area contributed by atoms with Gasteiger partial charge in [-0.1, -0.05) is 61.0 Å². The van der Waals surface area contributed by atoms with Crippen molar-refractivity contribution in [3.05, 3.63) is 70.7 Å². The summed E-state index contributed by atoms with van der Waals surface area (Å²) in [6.45, 7) is 4.21. The predicted octanol–water partition coefficient (Wildman–Crippen LogP) is 5.06. The third kappa shape index (κ3) is 5.53. The zero-order valence-corrected chi connectivity index (χ0v) is 13.4. The maximum Gasteiger partial charge on any atom is 0.0406 e. The number of hydrogen-bond acceptors (Lipinski definition) is 1. The van der Waals surface area contributed by atoms with E-state index in [0.717, 1.165) is 24.5 Å². The fourth-order valence-electron chi connectivity index (χ4n) is 2.64. The topological polar surface area (TPSA) is 12.0 Å². The van der Waals surface area contributed by atoms with Gasteiger partial charge >= 0.3 is 0 Å². The van der Waals surface area contributed by atoms with Gasteiger partial charge in [-0.05, 0) is 55.0 Å². The number of nitrogens with one attached hydrogen (secondary N) is 1. The molecule has 2 aromatic rings. The van der Waals surface area contributed by atoms with Crippen LogP contribution in [0.5, 0.6) is 0 Å². The van der Waals surface area contributed by atoms with Gasteiger partial charge in [-0.2, -0.15) is 0 Å². The summed E-state index contributed by atoms with van der Waals surface area (Å²) in [7, 11) is 0. The minimum Gasteiger partial charge on any atom is -0.316 e. The van der Waals surface area contributed by atoms with E-state index in [1.807, 2.05) is 12.1 Å². The molecule has 1 N–H and O–H groups in total. The molecule has 0 fully saturated rings. The van der Waals surface area contributed by atoms with E-state index in [0.29, 0.717) is 5.92 Å². The maximum absolute atomic E-state index is 5.99. The Morgan fingerprint density at radius 3 is 2.38 bits per heavy atom. The average molecular weight is 302 g/mol. The molecule has 0 heterocycles. The van der Waals surface area contributed by atoms with Crippen LogP contribution >= 0.6 is 11.6 Å². The van der Waals surface area contributed by atoms with Gasteiger partial charge in [0, 0.05) is 11.6 Å². The van der Waals surface area contributed by atoms with Crippen LogP contribution in [0.3, 0.4) is 0 Å². The number of likely N-dealkylation sites (N-methyl/N-ethyl adjacent to an activating group) is 1. The van der Waals surface area contributed by atoms with E-state index in [4.69, 9.17) is 11.6 Å². The van der Waals surface area contributed by atoms with Gasteiger partial charge in [0.25, 0.3) is 0 Å². The van der Waals surface area contributed by atoms with E-state index < -0.39 is 0 Å². The van der Waals surface area contributed by atoms with Crippen LogP contribution in [0.4, 0.5) is 0 Å². The fraction of sp³-hybridized carbons (Fsp3) is 0.368. The molecule has 0 spiro atoms. The highest BCUT2D eigenvalue weighted by Crippen LogP contribution is 2.23. The Kier molecular flexibility index (Phi) is 6.78. The summed E-state index contributed by atoms with van der Waals surface area (Å²) in [5.74, 6) is 0.561. The summed E-state index contributed by atoms with van der Waals surface area (Å²) in [4.78, 5) is 0. The summed E-state index contributed by atoms with van der Waals surface area (Å²) in [5.41, 5.74) is 2.81. The van der Waals surface area contributed by atoms with Crippen molar-refractivity contribution < 1.29 is 0 Å². The molecule has 0 saturated heterocycles. The molecule has 0 radical (unpaired) electrons. The Bertz CT molecular complexity index is 507. The van der Waals surface area contributed by atoms with Gasteiger partial charge in [0.2, 0.25) is 0 Å². The second-order valence-electron chi connectivity index (χ2n) is 5.43. The smallest absolute Gasteiger partial charge is 0.0406 e. The van der Waals surface area contributed by atoms with Crippen LogP contribution in [0.2, 0.25) is 5.02 Å². The van der Waals surface area contributed by atoms with Crippen molar-refractivity contribution in [2.45, 2.75) is 32.1 Å². The van der Waals surface area contributed by atoms with Crippen LogP contribution < -0.4 is 5.32 Å². The fourth-order valence-corrected chi connectivity index (χ4v) is 2.76. The van der Waals surface area contributed by atoms with Crippen LogP contribution in [0.1, 0.15) is 36.8 Å². The highest BCUT2D eigenvalue weighted by atomic mass is 35.5. The SMILES string of the molecule is CCNCC(CCCc1ccccc1)c1ccc(Cl)cc1. The van der Waals surface area contributed by atoms with Crippen molar-refractivity contribution in [2.24, 2.45) is 0 Å². The number of hydrogen-bond donors (Lipinski definition) is 1. The Morgan fingerprint density at radius 2 is 1.71 bits per heavy atom. The molecule has 0 aliphatic rings. The number of rotatable bonds is 8. The van der Waals surface area contributed by atoms with Crippen molar-refractivity contribution in [3.8, 4) is 0 Å². The van der Waals surface area contributed by atoms with E-state index in [-0.39, 0.29) is 0 Å². The van der Waals surface area contributed by atoms with E-state index >= 15 is 0 Å². The van der Waals surface area contributed by atoms with Gasteiger partial charge in [-0.15, -0.1) is 0 Å². The van der Waals surface area contributed by atoms with Gasteiger partial charge in [-0.3, -0.25) is 0 Å². The largest absolute Gasteiger partial charge is 0.316 e. The second-order valence-corrected chi connectivity index (χ2v) is 5.87. The molecule has 0 bridgehead atoms. The third-order valence-corrected chi connectivity index (χ3v) is 4.09. The molecule has 1 nitrogen and oxygen atoms in total. The summed E-state index contributed by atoms with van der Waals surface area (Å²) in [6, 6.07) is 19.0. The van der Waals surface area contributed by atoms with Crippen molar-refractivity contribution in [1.29, 1.82) is 0 Å². The molecule has 1 atom stereocenters. The second kappa shape index (κ2) is 8.86. The molecule has 1 unspecified atom stereocenters. The first-order chi connectivity index (χ1) is 10.3. The lowest BCUT2D eigenvalue weighted by Crippen LogP contribution is -2.21. The zero-order valence-electron chi connectivity index (χ0n) is 12.7. The van der Waals surface area contributed by atoms with Crippen LogP contribution in [0.15, 0.2) is 54.6 Å². The lowest BCUT2D eigenvalue weighted by atomic mass is 9.92. The molecule has 2 heteroatoms. The molecule has 0 aliphatic heterocycles. The number of halogens is 1. The van der Waals surface area contributed by atoms with Crippen LogP contribution in [-0.2, 0) is 6.42 Å². The lowest BCUT2D eigenvalue weighted by molar-refractivity contribution is 0.542. The van der Waals surface area contributed by atoms with Crippen LogP contribution in [-0.4, -0.2) is 13.1 Å². The van der Waals surface area contributed by atoms with Gasteiger partial charge in [0.1, 0.15) is 0 Å². The van der Waals surface area contributed by atoms with Crippen molar-refractivity contribution in [3.63, 3.8) is 0 Å². The molecule has 0 saturated carbocycles. The summed E-state index contributed by atoms with van der Waals surface area (Å²) in [5, 5.41) is 4.29. The highest BCUT2D eigenvalue weighted by Gasteiger charge is 2.11. The maximum atomic E-state index is 5.99. The average Bonchev–Trinajstić information content (AvgIpc) is 2.53. The summed E-state index contributed by atoms with van der Waals surface area (Å²) >= 11 is 5.99. The third-order valence-electron chi connectivity index (χ3n) is 3.84. The molecule has 0 aromatic heterocycles. The highest BCUT2D eigenvalue weighted by molar-refractivity contribution is 6.30. The Morgan fingerprint density at radius 1 is 1.00 bits per heavy atom. The van der Waals surface area contributed by atoms with Gasteiger partial charge in [-0.25, -0.2) is 0 Å². The molecule has 2 aromatic carbocycles. The quantitative estimate of drug-likeness (QED) is 0.719. The van der Waals surface area contributed by atoms with Crippen molar-refractivity contribution in [2.75, 3.05) is 13.1 Å². The summed E-state index contributed by atoms with van der Waals surface area (Å²) < 4.78 is 0. The molecule has 0 aliphatic carbocycles. The minimum absolute atomic E-state index is 0.561. The number of benzene rings is 2. The number of aryl methyl sites for hydroxylation is 1. The van der Waals surface area contributed by atoms with Crippen LogP contribution in [0, 0.1) is 0 Å². The lowest BCUT2D eigenvalue weighted by Gasteiger charge is -2.18. The van der Waals surface area contributed by atoms with Crippen molar-refractivity contribution in [1.82, 2.24) is 5.32 Å². The van der Waals surface area contributed by atoms with Crippen molar-refractivity contribution >= 4 is 11.6 Å². The molecule has 112 valence electrons. The van der Waals surface area contributed by atoms with E-state index in [2.05, 4.69) is 54.7 Å². The monoisotopic (exact) mass is 301 g/mol. The Balaban J connectivity index is 1.91. The molecule has 2 rings (SSSR count). The standard InChI is InChI=1S/C19H24ClN/c1-2-21-15-18(17-11-13-19(20)14-12-17)10-6-9-16-7-4-3-5-8-16/h3-5,7-8,11-14,18,21H,2,6,9-10,15H2,1H3. The molecule has 21 heavy (non-hydrogen) atoms. The van der Waals surface area contributed by atoms with Gasteiger partial charge in [0.05, 0.1) is 0 Å². The minimum atomic E-state index is 0.561. The Hall–Kier alpha value is -1.31. The molecule has 0 amide bonds. The first kappa shape index (κ1) is 16.1. The van der Waals surface area contributed by atoms with Gasteiger partial charge in [0.15, 0.2) is 0 Å². The van der Waals surface area contributed by atoms with Crippen LogP contribution in [0.25, 0.3) is 0 Å². The first-order valence-corrected chi connectivity index (χ1v) is 8.17. The zero-order chi connectivity index (χ0) is 14.9. The normalized spacial score (nSPS) is 12.3. The Labute approximate surface area is 133 Å².